The van der Waals surface area contributed by atoms with Crippen LogP contribution < -0.4 is 16.4 Å². The second-order valence-electron chi connectivity index (χ2n) is 3.04. The number of rotatable bonds is 4. The lowest BCUT2D eigenvalue weighted by Crippen LogP contribution is -2.42. The number of hydrogen-bond donors (Lipinski definition) is 3. The Labute approximate surface area is 78.0 Å². The smallest absolute Gasteiger partial charge is 0.222 e. The second-order valence-corrected chi connectivity index (χ2v) is 3.04. The molecule has 76 valence electrons. The van der Waals surface area contributed by atoms with Gasteiger partial charge in [-0.3, -0.25) is 4.79 Å². The molecule has 0 aliphatic carbocycles. The Balaban J connectivity index is 2.11. The van der Waals surface area contributed by atoms with Gasteiger partial charge >= 0.3 is 0 Å². The van der Waals surface area contributed by atoms with E-state index in [1.54, 1.807) is 0 Å². The van der Waals surface area contributed by atoms with Crippen LogP contribution in [0, 0.1) is 0 Å². The third-order valence-corrected chi connectivity index (χ3v) is 1.88. The minimum Gasteiger partial charge on any atom is -0.375 e. The SMILES string of the molecule is NCCNC(=O)CC1CNCCO1. The molecule has 0 aromatic carbocycles. The van der Waals surface area contributed by atoms with Crippen molar-refractivity contribution in [2.75, 3.05) is 32.8 Å². The Bertz CT molecular complexity index is 157. The summed E-state index contributed by atoms with van der Waals surface area (Å²) >= 11 is 0. The van der Waals surface area contributed by atoms with Crippen molar-refractivity contribution in [3.05, 3.63) is 0 Å². The van der Waals surface area contributed by atoms with E-state index in [0.29, 0.717) is 26.1 Å². The van der Waals surface area contributed by atoms with Crippen molar-refractivity contribution in [2.45, 2.75) is 12.5 Å². The van der Waals surface area contributed by atoms with Gasteiger partial charge in [-0.1, -0.05) is 0 Å². The number of ether oxygens (including phenoxy) is 1. The van der Waals surface area contributed by atoms with Gasteiger partial charge in [0.25, 0.3) is 0 Å². The van der Waals surface area contributed by atoms with Crippen molar-refractivity contribution >= 4 is 5.91 Å². The molecule has 1 amide bonds. The van der Waals surface area contributed by atoms with Crippen molar-refractivity contribution in [3.63, 3.8) is 0 Å². The first-order chi connectivity index (χ1) is 6.33. The lowest BCUT2D eigenvalue weighted by molar-refractivity contribution is -0.124. The first kappa shape index (κ1) is 10.4. The Morgan fingerprint density at radius 2 is 2.54 bits per heavy atom. The fourth-order valence-electron chi connectivity index (χ4n) is 1.24. The molecule has 1 fully saturated rings. The second kappa shape index (κ2) is 5.90. The summed E-state index contributed by atoms with van der Waals surface area (Å²) in [5.41, 5.74) is 5.25. The zero-order chi connectivity index (χ0) is 9.52. The van der Waals surface area contributed by atoms with Crippen LogP contribution in [-0.4, -0.2) is 44.8 Å². The molecule has 1 unspecified atom stereocenters. The van der Waals surface area contributed by atoms with E-state index in [0.717, 1.165) is 13.1 Å². The average Bonchev–Trinajstić information content (AvgIpc) is 2.16. The normalized spacial score (nSPS) is 22.7. The van der Waals surface area contributed by atoms with E-state index in [1.807, 2.05) is 0 Å². The third kappa shape index (κ3) is 4.21. The molecular weight excluding hydrogens is 170 g/mol. The van der Waals surface area contributed by atoms with E-state index >= 15 is 0 Å². The predicted octanol–water partition coefficient (Wildman–Crippen LogP) is -1.56. The molecule has 1 rings (SSSR count). The van der Waals surface area contributed by atoms with Gasteiger partial charge in [0.15, 0.2) is 0 Å². The first-order valence-electron chi connectivity index (χ1n) is 4.62. The minimum absolute atomic E-state index is 0.0131. The van der Waals surface area contributed by atoms with Gasteiger partial charge in [0.2, 0.25) is 5.91 Å². The van der Waals surface area contributed by atoms with Crippen LogP contribution in [0.25, 0.3) is 0 Å². The summed E-state index contributed by atoms with van der Waals surface area (Å²) in [6.45, 7) is 3.35. The lowest BCUT2D eigenvalue weighted by atomic mass is 10.2. The number of carbonyl (C=O) groups is 1. The Kier molecular flexibility index (Phi) is 4.74. The zero-order valence-electron chi connectivity index (χ0n) is 7.71. The van der Waals surface area contributed by atoms with Crippen LogP contribution in [-0.2, 0) is 9.53 Å². The highest BCUT2D eigenvalue weighted by atomic mass is 16.5. The van der Waals surface area contributed by atoms with Crippen LogP contribution >= 0.6 is 0 Å². The Morgan fingerprint density at radius 3 is 3.15 bits per heavy atom. The molecular formula is C8H17N3O2. The quantitative estimate of drug-likeness (QED) is 0.497. The van der Waals surface area contributed by atoms with Gasteiger partial charge in [0.05, 0.1) is 19.1 Å². The largest absolute Gasteiger partial charge is 0.375 e. The summed E-state index contributed by atoms with van der Waals surface area (Å²) in [6.07, 6.45) is 0.444. The Morgan fingerprint density at radius 1 is 1.69 bits per heavy atom. The highest BCUT2D eigenvalue weighted by molar-refractivity contribution is 5.76. The highest BCUT2D eigenvalue weighted by Gasteiger charge is 2.16. The molecule has 0 saturated carbocycles. The average molecular weight is 187 g/mol. The van der Waals surface area contributed by atoms with Gasteiger partial charge < -0.3 is 21.1 Å². The molecule has 1 saturated heterocycles. The zero-order valence-corrected chi connectivity index (χ0v) is 7.71. The van der Waals surface area contributed by atoms with Gasteiger partial charge in [-0.25, -0.2) is 0 Å². The maximum Gasteiger partial charge on any atom is 0.222 e. The molecule has 0 radical (unpaired) electrons. The molecule has 0 aromatic rings. The summed E-state index contributed by atoms with van der Waals surface area (Å²) in [6, 6.07) is 0. The summed E-state index contributed by atoms with van der Waals surface area (Å²) in [5, 5.41) is 5.87. The maximum atomic E-state index is 11.2. The van der Waals surface area contributed by atoms with E-state index in [4.69, 9.17) is 10.5 Å². The van der Waals surface area contributed by atoms with Crippen LogP contribution in [0.1, 0.15) is 6.42 Å². The molecule has 13 heavy (non-hydrogen) atoms. The third-order valence-electron chi connectivity index (χ3n) is 1.88. The minimum atomic E-state index is 0.0131. The summed E-state index contributed by atoms with van der Waals surface area (Å²) in [7, 11) is 0. The van der Waals surface area contributed by atoms with Crippen LogP contribution in [0.5, 0.6) is 0 Å². The number of carbonyl (C=O) groups excluding carboxylic acids is 1. The molecule has 0 aromatic heterocycles. The van der Waals surface area contributed by atoms with Gasteiger partial charge in [0.1, 0.15) is 0 Å². The fourth-order valence-corrected chi connectivity index (χ4v) is 1.24. The molecule has 0 bridgehead atoms. The molecule has 1 aliphatic rings. The van der Waals surface area contributed by atoms with Gasteiger partial charge in [0, 0.05) is 26.2 Å². The molecule has 4 N–H and O–H groups in total. The fraction of sp³-hybridized carbons (Fsp3) is 0.875. The lowest BCUT2D eigenvalue weighted by Gasteiger charge is -2.22. The van der Waals surface area contributed by atoms with E-state index in [-0.39, 0.29) is 12.0 Å². The standard InChI is InChI=1S/C8H17N3O2/c9-1-2-11-8(12)5-7-6-10-3-4-13-7/h7,10H,1-6,9H2,(H,11,12). The molecule has 1 heterocycles. The van der Waals surface area contributed by atoms with Crippen molar-refractivity contribution < 1.29 is 9.53 Å². The van der Waals surface area contributed by atoms with Gasteiger partial charge in [-0.05, 0) is 0 Å². The topological polar surface area (TPSA) is 76.4 Å². The number of nitrogens with two attached hydrogens (primary N) is 1. The van der Waals surface area contributed by atoms with Crippen LogP contribution in [0.15, 0.2) is 0 Å². The number of hydrogen-bond acceptors (Lipinski definition) is 4. The summed E-state index contributed by atoms with van der Waals surface area (Å²) < 4.78 is 5.37. The van der Waals surface area contributed by atoms with Crippen molar-refractivity contribution in [1.29, 1.82) is 0 Å². The first-order valence-corrected chi connectivity index (χ1v) is 4.62. The van der Waals surface area contributed by atoms with Crippen LogP contribution in [0.3, 0.4) is 0 Å². The predicted molar refractivity (Wildman–Crippen MR) is 49.3 cm³/mol. The Hall–Kier alpha value is -0.650. The molecule has 1 aliphatic heterocycles. The van der Waals surface area contributed by atoms with E-state index < -0.39 is 0 Å². The molecule has 1 atom stereocenters. The molecule has 0 spiro atoms. The summed E-state index contributed by atoms with van der Waals surface area (Å²) in [5.74, 6) is 0.0131. The molecule has 5 nitrogen and oxygen atoms in total. The highest BCUT2D eigenvalue weighted by Crippen LogP contribution is 2.00. The van der Waals surface area contributed by atoms with Crippen LogP contribution in [0.4, 0.5) is 0 Å². The van der Waals surface area contributed by atoms with Crippen molar-refractivity contribution in [2.24, 2.45) is 5.73 Å². The van der Waals surface area contributed by atoms with E-state index in [2.05, 4.69) is 10.6 Å². The molecule has 5 heteroatoms. The van der Waals surface area contributed by atoms with Gasteiger partial charge in [-0.2, -0.15) is 0 Å². The van der Waals surface area contributed by atoms with Crippen molar-refractivity contribution in [3.8, 4) is 0 Å². The van der Waals surface area contributed by atoms with Crippen LogP contribution in [0.2, 0.25) is 0 Å². The van der Waals surface area contributed by atoms with Gasteiger partial charge in [-0.15, -0.1) is 0 Å². The van der Waals surface area contributed by atoms with E-state index in [1.165, 1.54) is 0 Å². The number of morpholine rings is 1. The summed E-state index contributed by atoms with van der Waals surface area (Å²) in [4.78, 5) is 11.2. The number of nitrogens with one attached hydrogen (secondary N) is 2. The van der Waals surface area contributed by atoms with E-state index in [9.17, 15) is 4.79 Å². The van der Waals surface area contributed by atoms with Crippen molar-refractivity contribution in [1.82, 2.24) is 10.6 Å². The monoisotopic (exact) mass is 187 g/mol. The maximum absolute atomic E-state index is 11.2. The number of amides is 1.